The Labute approximate surface area is 631 Å². The molecule has 512 valence electrons. The van der Waals surface area contributed by atoms with E-state index >= 15 is 0 Å². The smallest absolute Gasteiger partial charge is 0.182 e. The summed E-state index contributed by atoms with van der Waals surface area (Å²) in [6.45, 7) is 0. The van der Waals surface area contributed by atoms with E-state index in [1.165, 1.54) is 48.5 Å². The number of hydrogen-bond donors (Lipinski definition) is 0. The molecule has 9 heterocycles. The first-order valence-electron chi connectivity index (χ1n) is 36.6. The summed E-state index contributed by atoms with van der Waals surface area (Å²) in [5, 5.41) is 19.9. The van der Waals surface area contributed by atoms with Crippen molar-refractivity contribution in [3.05, 3.63) is 371 Å². The van der Waals surface area contributed by atoms with Crippen LogP contribution in [-0.4, -0.2) is 54.8 Å². The molecule has 110 heavy (non-hydrogen) atoms. The van der Waals surface area contributed by atoms with E-state index in [1.807, 2.05) is 146 Å². The minimum absolute atomic E-state index is 0.514. The Morgan fingerprint density at radius 3 is 1.01 bits per heavy atom. The molecule has 0 aliphatic carbocycles. The van der Waals surface area contributed by atoms with Gasteiger partial charge in [-0.1, -0.05) is 267 Å². The van der Waals surface area contributed by atoms with E-state index in [9.17, 15) is 0 Å². The van der Waals surface area contributed by atoms with Crippen LogP contribution in [0.3, 0.4) is 0 Å². The Kier molecular flexibility index (Phi) is 16.3. The van der Waals surface area contributed by atoms with Crippen molar-refractivity contribution in [3.8, 4) is 90.7 Å². The third kappa shape index (κ3) is 11.8. The lowest BCUT2D eigenvalue weighted by atomic mass is 9.95. The van der Waals surface area contributed by atoms with E-state index in [0.29, 0.717) is 23.2 Å². The van der Waals surface area contributed by atoms with Gasteiger partial charge in [-0.3, -0.25) is 19.9 Å². The number of fused-ring (bicyclic) bond motifs is 17. The maximum Gasteiger partial charge on any atom is 0.182 e. The standard InChI is InChI=1S/C37H23N5.2C31H19N3/c1-3-13-25(14-4-1)35-40-36(26-15-5-2-6-16-26)42-37(41-35)32-21-11-20-31(38-32)34-29-23-22-24-12-7-8-17-27(24)33(29)28-18-9-10-19-30(28)39-34;1-2-8-23-20(7-1)13-14-26-30(23)25-10-4-6-12-28(25)34-31(26)29-19-21(15-17-33-29)22-16-18-32-27-11-5-3-9-24(22)27;1-2-8-23-20(7-1)14-15-26-30(23)25-9-3-4-12-28(25)34-31(26)29-19-21(16-18-33-29)22-10-5-13-27-24(22)11-6-17-32-27/h1-23H;2*1-19H. The Hall–Kier alpha value is -15.1. The molecule has 0 atom stereocenters. The number of benzene rings is 13. The molecule has 0 amide bonds. The van der Waals surface area contributed by atoms with E-state index in [0.717, 1.165) is 138 Å². The fourth-order valence-corrected chi connectivity index (χ4v) is 15.5. The third-order valence-electron chi connectivity index (χ3n) is 20.6. The zero-order valence-corrected chi connectivity index (χ0v) is 59.1. The molecule has 22 rings (SSSR count). The van der Waals surface area contributed by atoms with Crippen molar-refractivity contribution in [1.82, 2.24) is 54.8 Å². The average molecular weight is 1400 g/mol. The van der Waals surface area contributed by atoms with Crippen molar-refractivity contribution in [3.63, 3.8) is 0 Å². The minimum atomic E-state index is 0.514. The van der Waals surface area contributed by atoms with Crippen LogP contribution in [0.2, 0.25) is 0 Å². The molecular formula is C99H61N11. The second-order valence-electron chi connectivity index (χ2n) is 27.1. The summed E-state index contributed by atoms with van der Waals surface area (Å²) in [6.07, 6.45) is 7.46. The molecule has 0 aliphatic heterocycles. The molecule has 0 radical (unpaired) electrons. The lowest BCUT2D eigenvalue weighted by Gasteiger charge is -2.13. The first-order chi connectivity index (χ1) is 54.5. The topological polar surface area (TPSA) is 142 Å². The van der Waals surface area contributed by atoms with Crippen LogP contribution >= 0.6 is 0 Å². The van der Waals surface area contributed by atoms with Crippen LogP contribution in [0.15, 0.2) is 371 Å². The van der Waals surface area contributed by atoms with Crippen molar-refractivity contribution in [2.24, 2.45) is 0 Å². The number of pyridine rings is 8. The first kappa shape index (κ1) is 64.5. The molecule has 0 fully saturated rings. The highest BCUT2D eigenvalue weighted by Gasteiger charge is 2.21. The van der Waals surface area contributed by atoms with Crippen LogP contribution in [0.5, 0.6) is 0 Å². The zero-order valence-electron chi connectivity index (χ0n) is 59.1. The molecule has 0 spiro atoms. The van der Waals surface area contributed by atoms with Crippen molar-refractivity contribution in [2.45, 2.75) is 0 Å². The predicted octanol–water partition coefficient (Wildman–Crippen LogP) is 24.4. The lowest BCUT2D eigenvalue weighted by molar-refractivity contribution is 1.06. The molecular weight excluding hydrogens is 1340 g/mol. The van der Waals surface area contributed by atoms with Gasteiger partial charge in [-0.2, -0.15) is 0 Å². The van der Waals surface area contributed by atoms with Crippen LogP contribution in [-0.2, 0) is 0 Å². The van der Waals surface area contributed by atoms with Gasteiger partial charge in [-0.25, -0.2) is 34.9 Å². The van der Waals surface area contributed by atoms with Gasteiger partial charge in [0.1, 0.15) is 5.69 Å². The Morgan fingerprint density at radius 2 is 0.518 bits per heavy atom. The summed E-state index contributed by atoms with van der Waals surface area (Å²) in [4.78, 5) is 53.6. The molecule has 11 heteroatoms. The molecule has 0 aliphatic rings. The molecule has 0 saturated heterocycles. The predicted molar refractivity (Wildman–Crippen MR) is 451 cm³/mol. The second-order valence-corrected chi connectivity index (χ2v) is 27.1. The van der Waals surface area contributed by atoms with Gasteiger partial charge >= 0.3 is 0 Å². The molecule has 0 N–H and O–H groups in total. The van der Waals surface area contributed by atoms with Crippen molar-refractivity contribution >= 4 is 119 Å². The van der Waals surface area contributed by atoms with E-state index in [1.54, 1.807) is 0 Å². The Balaban J connectivity index is 0.000000109. The second kappa shape index (κ2) is 27.8. The molecule has 0 bridgehead atoms. The van der Waals surface area contributed by atoms with Gasteiger partial charge in [0.25, 0.3) is 0 Å². The lowest BCUT2D eigenvalue weighted by Crippen LogP contribution is -2.02. The summed E-state index contributed by atoms with van der Waals surface area (Å²) in [5.41, 5.74) is 17.0. The molecule has 11 nitrogen and oxygen atoms in total. The SMILES string of the molecule is c1ccc(-c2nc(-c3ccccc3)nc(-c3cccc(-c4nc5ccccc5c5c4ccc4ccccc45)n3)n2)cc1.c1ccc2c(c1)ccc1c(-c3cc(-c4cccc5ncccc45)ccn3)nc3ccccc3c12.c1ccc2c(c1)ccc1c(-c3cc(-c4ccnc5ccccc45)ccn3)nc3ccccc3c12. The molecule has 0 unspecified atom stereocenters. The van der Waals surface area contributed by atoms with Crippen molar-refractivity contribution in [2.75, 3.05) is 0 Å². The number of para-hydroxylation sites is 4. The molecule has 0 saturated carbocycles. The molecule has 13 aromatic carbocycles. The van der Waals surface area contributed by atoms with Gasteiger partial charge in [0.2, 0.25) is 0 Å². The van der Waals surface area contributed by atoms with E-state index in [4.69, 9.17) is 44.9 Å². The Bertz CT molecular complexity index is 6990. The zero-order chi connectivity index (χ0) is 72.9. The van der Waals surface area contributed by atoms with Crippen molar-refractivity contribution in [1.29, 1.82) is 0 Å². The normalized spacial score (nSPS) is 11.5. The van der Waals surface area contributed by atoms with Crippen LogP contribution < -0.4 is 0 Å². The van der Waals surface area contributed by atoms with E-state index < -0.39 is 0 Å². The maximum atomic E-state index is 5.13. The van der Waals surface area contributed by atoms with Crippen LogP contribution in [0.4, 0.5) is 0 Å². The Morgan fingerprint density at radius 1 is 0.164 bits per heavy atom. The minimum Gasteiger partial charge on any atom is -0.256 e. The summed E-state index contributed by atoms with van der Waals surface area (Å²) in [7, 11) is 0. The van der Waals surface area contributed by atoms with Crippen LogP contribution in [0.1, 0.15) is 0 Å². The van der Waals surface area contributed by atoms with Gasteiger partial charge in [0, 0.05) is 95.2 Å². The quantitative estimate of drug-likeness (QED) is 0.134. The van der Waals surface area contributed by atoms with Gasteiger partial charge < -0.3 is 0 Å². The van der Waals surface area contributed by atoms with Crippen LogP contribution in [0, 0.1) is 0 Å². The van der Waals surface area contributed by atoms with Gasteiger partial charge in [0.05, 0.1) is 61.7 Å². The maximum absolute atomic E-state index is 5.13. The summed E-state index contributed by atoms with van der Waals surface area (Å²) >= 11 is 0. The largest absolute Gasteiger partial charge is 0.256 e. The fraction of sp³-hybridized carbons (Fsp3) is 0. The van der Waals surface area contributed by atoms with E-state index in [-0.39, 0.29) is 0 Å². The first-order valence-corrected chi connectivity index (χ1v) is 36.6. The highest BCUT2D eigenvalue weighted by molar-refractivity contribution is 6.25. The number of rotatable bonds is 8. The third-order valence-corrected chi connectivity index (χ3v) is 20.6. The van der Waals surface area contributed by atoms with Gasteiger partial charge in [0.15, 0.2) is 17.5 Å². The molecule has 9 aromatic heterocycles. The van der Waals surface area contributed by atoms with E-state index in [2.05, 4.69) is 234 Å². The fourth-order valence-electron chi connectivity index (χ4n) is 15.5. The highest BCUT2D eigenvalue weighted by Crippen LogP contribution is 2.42. The number of aromatic nitrogens is 11. The summed E-state index contributed by atoms with van der Waals surface area (Å²) in [6, 6.07) is 119. The number of nitrogens with zero attached hydrogens (tertiary/aromatic N) is 11. The average Bonchev–Trinajstić information content (AvgIpc) is 0.749. The molecule has 22 aromatic rings. The summed E-state index contributed by atoms with van der Waals surface area (Å²) < 4.78 is 0. The van der Waals surface area contributed by atoms with Crippen LogP contribution in [0.25, 0.3) is 210 Å². The van der Waals surface area contributed by atoms with Gasteiger partial charge in [-0.15, -0.1) is 0 Å². The van der Waals surface area contributed by atoms with Crippen molar-refractivity contribution < 1.29 is 0 Å². The summed E-state index contributed by atoms with van der Waals surface area (Å²) in [5.74, 6) is 1.72. The highest BCUT2D eigenvalue weighted by atomic mass is 15.0. The number of hydrogen-bond acceptors (Lipinski definition) is 11. The monoisotopic (exact) mass is 1400 g/mol. The van der Waals surface area contributed by atoms with Gasteiger partial charge in [-0.05, 0) is 133 Å².